The Morgan fingerprint density at radius 3 is 2.68 bits per heavy atom. The van der Waals surface area contributed by atoms with Gasteiger partial charge in [-0.05, 0) is 18.2 Å². The van der Waals surface area contributed by atoms with Crippen molar-refractivity contribution >= 4 is 11.6 Å². The van der Waals surface area contributed by atoms with E-state index < -0.39 is 11.7 Å². The highest BCUT2D eigenvalue weighted by atomic mass is 19.4. The highest BCUT2D eigenvalue weighted by Gasteiger charge is 2.30. The number of benzene rings is 1. The van der Waals surface area contributed by atoms with Crippen LogP contribution < -0.4 is 11.1 Å². The van der Waals surface area contributed by atoms with Crippen molar-refractivity contribution in [1.82, 2.24) is 5.32 Å². The Bertz CT molecular complexity index is 527. The number of nitrogen functional groups attached to an aromatic ring is 1. The zero-order chi connectivity index (χ0) is 14.5. The van der Waals surface area contributed by atoms with Gasteiger partial charge in [0.15, 0.2) is 0 Å². The first kappa shape index (κ1) is 14.9. The Morgan fingerprint density at radius 2 is 2.11 bits per heavy atom. The lowest BCUT2D eigenvalue weighted by Gasteiger charge is -2.07. The standard InChI is InChI=1S/C13H13F3N2O/c1-9(19)18-7-3-2-4-10-8-11(13(14,15)16)5-6-12(10)17/h5-6,8H,3,7,17H2,1H3,(H,18,19). The van der Waals surface area contributed by atoms with Crippen LogP contribution in [0.4, 0.5) is 18.9 Å². The van der Waals surface area contributed by atoms with Gasteiger partial charge in [0.2, 0.25) is 5.91 Å². The number of rotatable bonds is 2. The maximum atomic E-state index is 12.5. The van der Waals surface area contributed by atoms with E-state index in [1.54, 1.807) is 0 Å². The molecule has 3 N–H and O–H groups in total. The minimum absolute atomic E-state index is 0.137. The summed E-state index contributed by atoms with van der Waals surface area (Å²) in [5.41, 5.74) is 5.10. The fraction of sp³-hybridized carbons (Fsp3) is 0.308. The van der Waals surface area contributed by atoms with Gasteiger partial charge in [0.25, 0.3) is 0 Å². The molecule has 0 bridgehead atoms. The summed E-state index contributed by atoms with van der Waals surface area (Å²) < 4.78 is 37.5. The molecule has 0 spiro atoms. The number of nitrogens with one attached hydrogen (secondary N) is 1. The van der Waals surface area contributed by atoms with Crippen LogP contribution in [-0.2, 0) is 11.0 Å². The first-order chi connectivity index (χ1) is 8.80. The number of halogens is 3. The summed E-state index contributed by atoms with van der Waals surface area (Å²) >= 11 is 0. The molecule has 0 heterocycles. The highest BCUT2D eigenvalue weighted by molar-refractivity contribution is 5.72. The Hall–Kier alpha value is -2.16. The summed E-state index contributed by atoms with van der Waals surface area (Å²) in [6.07, 6.45) is -4.07. The number of hydrogen-bond acceptors (Lipinski definition) is 2. The predicted molar refractivity (Wildman–Crippen MR) is 66.0 cm³/mol. The number of alkyl halides is 3. The van der Waals surface area contributed by atoms with Gasteiger partial charge in [-0.15, -0.1) is 0 Å². The van der Waals surface area contributed by atoms with Gasteiger partial charge in [0.1, 0.15) is 0 Å². The van der Waals surface area contributed by atoms with Crippen LogP contribution in [0.15, 0.2) is 18.2 Å². The SMILES string of the molecule is CC(=O)NCCC#Cc1cc(C(F)(F)F)ccc1N. The van der Waals surface area contributed by atoms with E-state index >= 15 is 0 Å². The van der Waals surface area contributed by atoms with Gasteiger partial charge in [0.05, 0.1) is 5.56 Å². The molecule has 0 unspecified atom stereocenters. The van der Waals surface area contributed by atoms with Crippen LogP contribution >= 0.6 is 0 Å². The predicted octanol–water partition coefficient (Wildman–Crippen LogP) is 2.17. The van der Waals surface area contributed by atoms with Gasteiger partial charge in [0, 0.05) is 31.1 Å². The van der Waals surface area contributed by atoms with E-state index in [4.69, 9.17) is 5.73 Å². The summed E-state index contributed by atoms with van der Waals surface area (Å²) in [6.45, 7) is 1.72. The lowest BCUT2D eigenvalue weighted by atomic mass is 10.1. The second-order valence-electron chi connectivity index (χ2n) is 3.83. The van der Waals surface area contributed by atoms with E-state index in [0.29, 0.717) is 13.0 Å². The maximum absolute atomic E-state index is 12.5. The van der Waals surface area contributed by atoms with Crippen molar-refractivity contribution in [3.63, 3.8) is 0 Å². The molecule has 0 saturated carbocycles. The van der Waals surface area contributed by atoms with Gasteiger partial charge < -0.3 is 11.1 Å². The summed E-state index contributed by atoms with van der Waals surface area (Å²) in [5, 5.41) is 2.53. The molecule has 1 rings (SSSR count). The molecule has 6 heteroatoms. The zero-order valence-electron chi connectivity index (χ0n) is 10.3. The third-order valence-electron chi connectivity index (χ3n) is 2.23. The summed E-state index contributed by atoms with van der Waals surface area (Å²) in [7, 11) is 0. The quantitative estimate of drug-likeness (QED) is 0.491. The van der Waals surface area contributed by atoms with Crippen LogP contribution in [-0.4, -0.2) is 12.5 Å². The van der Waals surface area contributed by atoms with Gasteiger partial charge in [-0.1, -0.05) is 11.8 Å². The van der Waals surface area contributed by atoms with Gasteiger partial charge >= 0.3 is 6.18 Å². The van der Waals surface area contributed by atoms with Crippen molar-refractivity contribution in [2.24, 2.45) is 0 Å². The van der Waals surface area contributed by atoms with E-state index in [9.17, 15) is 18.0 Å². The lowest BCUT2D eigenvalue weighted by molar-refractivity contribution is -0.137. The maximum Gasteiger partial charge on any atom is 0.416 e. The normalized spacial score (nSPS) is 10.5. The number of anilines is 1. The molecule has 19 heavy (non-hydrogen) atoms. The van der Waals surface area contributed by atoms with Crippen molar-refractivity contribution in [3.05, 3.63) is 29.3 Å². The molecule has 0 aliphatic rings. The lowest BCUT2D eigenvalue weighted by Crippen LogP contribution is -2.20. The molecular weight excluding hydrogens is 257 g/mol. The molecule has 0 radical (unpaired) electrons. The topological polar surface area (TPSA) is 55.1 Å². The second-order valence-corrected chi connectivity index (χ2v) is 3.83. The van der Waals surface area contributed by atoms with Crippen molar-refractivity contribution < 1.29 is 18.0 Å². The average molecular weight is 270 g/mol. The molecule has 1 aromatic carbocycles. The summed E-state index contributed by atoms with van der Waals surface area (Å²) in [6, 6.07) is 3.01. The number of carbonyl (C=O) groups excluding carboxylic acids is 1. The zero-order valence-corrected chi connectivity index (χ0v) is 10.3. The number of hydrogen-bond donors (Lipinski definition) is 2. The van der Waals surface area contributed by atoms with Crippen LogP contribution in [0.1, 0.15) is 24.5 Å². The molecule has 1 aromatic rings. The van der Waals surface area contributed by atoms with Crippen LogP contribution in [0.3, 0.4) is 0 Å². The fourth-order valence-corrected chi connectivity index (χ4v) is 1.30. The Balaban J connectivity index is 2.78. The Morgan fingerprint density at radius 1 is 1.42 bits per heavy atom. The Labute approximate surface area is 109 Å². The van der Waals surface area contributed by atoms with Gasteiger partial charge in [-0.25, -0.2) is 0 Å². The van der Waals surface area contributed by atoms with E-state index in [-0.39, 0.29) is 17.2 Å². The van der Waals surface area contributed by atoms with Crippen LogP contribution in [0, 0.1) is 11.8 Å². The van der Waals surface area contributed by atoms with E-state index in [2.05, 4.69) is 17.2 Å². The van der Waals surface area contributed by atoms with Crippen molar-refractivity contribution in [2.45, 2.75) is 19.5 Å². The van der Waals surface area contributed by atoms with Gasteiger partial charge in [-0.3, -0.25) is 4.79 Å². The fourth-order valence-electron chi connectivity index (χ4n) is 1.30. The van der Waals surface area contributed by atoms with Crippen molar-refractivity contribution in [3.8, 4) is 11.8 Å². The third kappa shape index (κ3) is 4.92. The van der Waals surface area contributed by atoms with E-state index in [1.807, 2.05) is 0 Å². The first-order valence-corrected chi connectivity index (χ1v) is 5.50. The molecule has 102 valence electrons. The summed E-state index contributed by atoms with van der Waals surface area (Å²) in [4.78, 5) is 10.6. The molecule has 0 aliphatic carbocycles. The molecule has 1 amide bonds. The van der Waals surface area contributed by atoms with E-state index in [1.165, 1.54) is 13.0 Å². The molecular formula is C13H13F3N2O. The highest BCUT2D eigenvalue weighted by Crippen LogP contribution is 2.30. The average Bonchev–Trinajstić information content (AvgIpc) is 2.29. The minimum Gasteiger partial charge on any atom is -0.398 e. The van der Waals surface area contributed by atoms with Crippen LogP contribution in [0.25, 0.3) is 0 Å². The minimum atomic E-state index is -4.42. The second kappa shape index (κ2) is 6.14. The number of carbonyl (C=O) groups is 1. The Kier molecular flexibility index (Phi) is 4.81. The largest absolute Gasteiger partial charge is 0.416 e. The molecule has 0 atom stereocenters. The van der Waals surface area contributed by atoms with Crippen molar-refractivity contribution in [2.75, 3.05) is 12.3 Å². The van der Waals surface area contributed by atoms with Gasteiger partial charge in [-0.2, -0.15) is 13.2 Å². The smallest absolute Gasteiger partial charge is 0.398 e. The molecule has 3 nitrogen and oxygen atoms in total. The molecule has 0 aliphatic heterocycles. The van der Waals surface area contributed by atoms with Crippen LogP contribution in [0.2, 0.25) is 0 Å². The van der Waals surface area contributed by atoms with E-state index in [0.717, 1.165) is 12.1 Å². The number of amides is 1. The molecule has 0 saturated heterocycles. The van der Waals surface area contributed by atoms with Crippen molar-refractivity contribution in [1.29, 1.82) is 0 Å². The first-order valence-electron chi connectivity index (χ1n) is 5.50. The number of nitrogens with two attached hydrogens (primary N) is 1. The monoisotopic (exact) mass is 270 g/mol. The summed E-state index contributed by atoms with van der Waals surface area (Å²) in [5.74, 6) is 5.06. The molecule has 0 aromatic heterocycles. The molecule has 0 fully saturated rings. The third-order valence-corrected chi connectivity index (χ3v) is 2.23. The van der Waals surface area contributed by atoms with Crippen LogP contribution in [0.5, 0.6) is 0 Å².